The molecule has 0 spiro atoms. The minimum atomic E-state index is -1.24. The van der Waals surface area contributed by atoms with Gasteiger partial charge >= 0.3 is 5.97 Å². The van der Waals surface area contributed by atoms with Crippen molar-refractivity contribution < 1.29 is 29.4 Å². The van der Waals surface area contributed by atoms with Gasteiger partial charge in [0.15, 0.2) is 0 Å². The summed E-state index contributed by atoms with van der Waals surface area (Å²) in [5, 5.41) is 23.8. The molecule has 0 heterocycles. The van der Waals surface area contributed by atoms with Gasteiger partial charge in [0.25, 0.3) is 0 Å². The number of carboxylic acid groups (broad SMARTS) is 1. The highest BCUT2D eigenvalue weighted by Gasteiger charge is 2.23. The Balaban J connectivity index is 4.37. The molecule has 0 aliphatic rings. The number of amides is 3. The van der Waals surface area contributed by atoms with E-state index in [0.717, 1.165) is 0 Å². The number of aliphatic hydroxyl groups excluding tert-OH is 1. The van der Waals surface area contributed by atoms with Gasteiger partial charge in [-0.25, -0.2) is 0 Å². The first-order valence-corrected chi connectivity index (χ1v) is 5.72. The molecule has 3 amide bonds. The van der Waals surface area contributed by atoms with Crippen LogP contribution in [0.4, 0.5) is 0 Å². The molecule has 10 nitrogen and oxygen atoms in total. The van der Waals surface area contributed by atoms with Crippen LogP contribution in [-0.2, 0) is 19.2 Å². The van der Waals surface area contributed by atoms with E-state index in [-0.39, 0.29) is 6.54 Å². The predicted molar refractivity (Wildman–Crippen MR) is 66.3 cm³/mol. The number of nitrogens with two attached hydrogens (primary N) is 1. The van der Waals surface area contributed by atoms with Gasteiger partial charge in [0.05, 0.1) is 13.2 Å². The number of aliphatic hydroxyl groups is 1. The third kappa shape index (κ3) is 6.66. The number of hydrogen-bond acceptors (Lipinski definition) is 6. The van der Waals surface area contributed by atoms with Crippen LogP contribution in [0.3, 0.4) is 0 Å². The SMILES string of the molecule is CC(NC(=O)C(CO)NC(=O)CN)C(=O)NCC(=O)O. The molecule has 0 bridgehead atoms. The summed E-state index contributed by atoms with van der Waals surface area (Å²) in [7, 11) is 0. The zero-order valence-electron chi connectivity index (χ0n) is 10.9. The van der Waals surface area contributed by atoms with Crippen molar-refractivity contribution in [3.8, 4) is 0 Å². The first-order chi connectivity index (χ1) is 9.31. The van der Waals surface area contributed by atoms with Gasteiger partial charge in [-0.1, -0.05) is 0 Å². The summed E-state index contributed by atoms with van der Waals surface area (Å²) in [5.41, 5.74) is 5.05. The van der Waals surface area contributed by atoms with Crippen molar-refractivity contribution in [2.75, 3.05) is 19.7 Å². The quantitative estimate of drug-likeness (QED) is 0.265. The monoisotopic (exact) mass is 290 g/mol. The first-order valence-electron chi connectivity index (χ1n) is 5.72. The average Bonchev–Trinajstić information content (AvgIpc) is 2.41. The fourth-order valence-electron chi connectivity index (χ4n) is 1.14. The van der Waals surface area contributed by atoms with E-state index in [1.54, 1.807) is 0 Å². The first kappa shape index (κ1) is 17.8. The Morgan fingerprint density at radius 2 is 1.75 bits per heavy atom. The van der Waals surface area contributed by atoms with Gasteiger partial charge in [-0.05, 0) is 6.92 Å². The second-order valence-electron chi connectivity index (χ2n) is 3.85. The largest absolute Gasteiger partial charge is 0.480 e. The fourth-order valence-corrected chi connectivity index (χ4v) is 1.14. The Kier molecular flexibility index (Phi) is 7.85. The average molecular weight is 290 g/mol. The second kappa shape index (κ2) is 8.82. The van der Waals surface area contributed by atoms with Crippen molar-refractivity contribution >= 4 is 23.7 Å². The maximum Gasteiger partial charge on any atom is 0.322 e. The maximum absolute atomic E-state index is 11.7. The van der Waals surface area contributed by atoms with Gasteiger partial charge in [-0.2, -0.15) is 0 Å². The number of nitrogens with one attached hydrogen (secondary N) is 3. The minimum Gasteiger partial charge on any atom is -0.480 e. The number of carbonyl (C=O) groups excluding carboxylic acids is 3. The molecule has 0 radical (unpaired) electrons. The van der Waals surface area contributed by atoms with Crippen LogP contribution < -0.4 is 21.7 Å². The van der Waals surface area contributed by atoms with Crippen LogP contribution in [0, 0.1) is 0 Å². The number of hydrogen-bond donors (Lipinski definition) is 6. The normalized spacial score (nSPS) is 12.9. The van der Waals surface area contributed by atoms with E-state index in [4.69, 9.17) is 15.9 Å². The zero-order valence-corrected chi connectivity index (χ0v) is 10.9. The summed E-state index contributed by atoms with van der Waals surface area (Å²) in [4.78, 5) is 44.3. The highest BCUT2D eigenvalue weighted by molar-refractivity contribution is 5.92. The number of carbonyl (C=O) groups is 4. The van der Waals surface area contributed by atoms with Crippen LogP contribution in [-0.4, -0.2) is 65.7 Å². The molecule has 0 saturated heterocycles. The molecule has 0 aromatic rings. The zero-order chi connectivity index (χ0) is 15.7. The van der Waals surface area contributed by atoms with Crippen LogP contribution in [0.5, 0.6) is 0 Å². The van der Waals surface area contributed by atoms with Gasteiger partial charge in [-0.3, -0.25) is 19.2 Å². The smallest absolute Gasteiger partial charge is 0.322 e. The van der Waals surface area contributed by atoms with Gasteiger partial charge in [-0.15, -0.1) is 0 Å². The highest BCUT2D eigenvalue weighted by Crippen LogP contribution is 1.88. The van der Waals surface area contributed by atoms with Crippen molar-refractivity contribution in [1.29, 1.82) is 0 Å². The predicted octanol–water partition coefficient (Wildman–Crippen LogP) is -3.87. The molecule has 2 atom stereocenters. The summed E-state index contributed by atoms with van der Waals surface area (Å²) in [5.74, 6) is -3.35. The number of rotatable bonds is 8. The van der Waals surface area contributed by atoms with Crippen molar-refractivity contribution in [2.45, 2.75) is 19.0 Å². The van der Waals surface area contributed by atoms with Crippen LogP contribution in [0.2, 0.25) is 0 Å². The summed E-state index contributed by atoms with van der Waals surface area (Å²) in [6.07, 6.45) is 0. The molecule has 0 aromatic heterocycles. The Labute approximate surface area is 114 Å². The van der Waals surface area contributed by atoms with E-state index in [1.807, 2.05) is 0 Å². The van der Waals surface area contributed by atoms with E-state index < -0.39 is 48.9 Å². The lowest BCUT2D eigenvalue weighted by molar-refractivity contribution is -0.138. The maximum atomic E-state index is 11.7. The molecule has 10 heteroatoms. The second-order valence-corrected chi connectivity index (χ2v) is 3.85. The summed E-state index contributed by atoms with van der Waals surface area (Å²) in [6, 6.07) is -2.26. The van der Waals surface area contributed by atoms with Crippen molar-refractivity contribution in [3.05, 3.63) is 0 Å². The lowest BCUT2D eigenvalue weighted by atomic mass is 10.2. The summed E-state index contributed by atoms with van der Waals surface area (Å²) in [6.45, 7) is -0.264. The molecule has 0 saturated carbocycles. The van der Waals surface area contributed by atoms with Gasteiger partial charge < -0.3 is 31.9 Å². The van der Waals surface area contributed by atoms with E-state index >= 15 is 0 Å². The van der Waals surface area contributed by atoms with E-state index in [0.29, 0.717) is 0 Å². The molecule has 20 heavy (non-hydrogen) atoms. The molecule has 0 rings (SSSR count). The van der Waals surface area contributed by atoms with Crippen LogP contribution in [0.1, 0.15) is 6.92 Å². The van der Waals surface area contributed by atoms with E-state index in [2.05, 4.69) is 16.0 Å². The molecule has 0 aliphatic heterocycles. The Bertz CT molecular complexity index is 386. The van der Waals surface area contributed by atoms with Crippen LogP contribution in [0.15, 0.2) is 0 Å². The molecule has 2 unspecified atom stereocenters. The molecular weight excluding hydrogens is 272 g/mol. The molecule has 0 aromatic carbocycles. The molecule has 7 N–H and O–H groups in total. The Morgan fingerprint density at radius 1 is 1.15 bits per heavy atom. The van der Waals surface area contributed by atoms with E-state index in [1.165, 1.54) is 6.92 Å². The minimum absolute atomic E-state index is 0.349. The van der Waals surface area contributed by atoms with Gasteiger partial charge in [0.1, 0.15) is 18.6 Å². The van der Waals surface area contributed by atoms with Gasteiger partial charge in [0, 0.05) is 0 Å². The molecular formula is C10H18N4O6. The Hall–Kier alpha value is -2.20. The highest BCUT2D eigenvalue weighted by atomic mass is 16.4. The Morgan fingerprint density at radius 3 is 2.20 bits per heavy atom. The van der Waals surface area contributed by atoms with Crippen molar-refractivity contribution in [3.63, 3.8) is 0 Å². The van der Waals surface area contributed by atoms with Crippen molar-refractivity contribution in [2.24, 2.45) is 5.73 Å². The topological polar surface area (TPSA) is 171 Å². The number of aliphatic carboxylic acids is 1. The molecule has 0 fully saturated rings. The molecule has 114 valence electrons. The lowest BCUT2D eigenvalue weighted by Crippen LogP contribution is -2.55. The summed E-state index contributed by atoms with van der Waals surface area (Å²) >= 11 is 0. The van der Waals surface area contributed by atoms with Crippen molar-refractivity contribution in [1.82, 2.24) is 16.0 Å². The fraction of sp³-hybridized carbons (Fsp3) is 0.600. The summed E-state index contributed by atoms with van der Waals surface area (Å²) < 4.78 is 0. The van der Waals surface area contributed by atoms with Gasteiger partial charge in [0.2, 0.25) is 17.7 Å². The third-order valence-corrected chi connectivity index (χ3v) is 2.19. The van der Waals surface area contributed by atoms with E-state index in [9.17, 15) is 19.2 Å². The number of carboxylic acids is 1. The molecule has 0 aliphatic carbocycles. The van der Waals surface area contributed by atoms with Crippen LogP contribution >= 0.6 is 0 Å². The van der Waals surface area contributed by atoms with Crippen LogP contribution in [0.25, 0.3) is 0 Å². The standard InChI is InChI=1S/C10H18N4O6/c1-5(9(19)12-3-8(17)18)13-10(20)6(4-15)14-7(16)2-11/h5-6,15H,2-4,11H2,1H3,(H,12,19)(H,13,20)(H,14,16)(H,17,18). The lowest BCUT2D eigenvalue weighted by Gasteiger charge is -2.19. The third-order valence-electron chi connectivity index (χ3n) is 2.19.